The normalized spacial score (nSPS) is 19.2. The van der Waals surface area contributed by atoms with Gasteiger partial charge in [-0.25, -0.2) is 0 Å². The van der Waals surface area contributed by atoms with Crippen LogP contribution in [0.25, 0.3) is 0 Å². The van der Waals surface area contributed by atoms with Crippen molar-refractivity contribution in [3.05, 3.63) is 76.6 Å². The summed E-state index contributed by atoms with van der Waals surface area (Å²) in [5.41, 5.74) is 1.65. The summed E-state index contributed by atoms with van der Waals surface area (Å²) in [6.07, 6.45) is 0.0202. The molecule has 4 rings (SSSR count). The van der Waals surface area contributed by atoms with Gasteiger partial charge in [0, 0.05) is 17.0 Å². The van der Waals surface area contributed by atoms with E-state index in [0.717, 1.165) is 5.56 Å². The predicted molar refractivity (Wildman–Crippen MR) is 88.6 cm³/mol. The van der Waals surface area contributed by atoms with Crippen LogP contribution in [0.4, 0.5) is 0 Å². The van der Waals surface area contributed by atoms with Crippen LogP contribution >= 0.6 is 0 Å². The summed E-state index contributed by atoms with van der Waals surface area (Å²) in [5, 5.41) is 0. The molecule has 0 saturated carbocycles. The van der Waals surface area contributed by atoms with Crippen LogP contribution in [-0.2, 0) is 9.53 Å². The van der Waals surface area contributed by atoms with Crippen molar-refractivity contribution in [3.63, 3.8) is 0 Å². The Balaban J connectivity index is 1.86. The molecule has 0 amide bonds. The minimum atomic E-state index is -0.514. The first-order chi connectivity index (χ1) is 12.1. The van der Waals surface area contributed by atoms with E-state index in [9.17, 15) is 14.4 Å². The molecule has 2 aromatic carbocycles. The van der Waals surface area contributed by atoms with Gasteiger partial charge in [-0.2, -0.15) is 0 Å². The van der Waals surface area contributed by atoms with Gasteiger partial charge in [0.1, 0.15) is 5.75 Å². The minimum absolute atomic E-state index is 0.0202. The average molecular weight is 334 g/mol. The first kappa shape index (κ1) is 15.3. The maximum atomic E-state index is 13.0. The van der Waals surface area contributed by atoms with Gasteiger partial charge in [0.25, 0.3) is 0 Å². The largest absolute Gasteiger partial charge is 0.497 e. The molecule has 1 aliphatic heterocycles. The number of ether oxygens (including phenoxy) is 2. The molecule has 0 bridgehead atoms. The number of benzene rings is 2. The topological polar surface area (TPSA) is 69.7 Å². The van der Waals surface area contributed by atoms with E-state index in [2.05, 4.69) is 0 Å². The van der Waals surface area contributed by atoms with Crippen molar-refractivity contribution >= 4 is 17.5 Å². The SMILES string of the molecule is COc1ccc([C@@H]2CC(=O)OC3=C2C(=O)c2ccccc2C3=O)cc1. The van der Waals surface area contributed by atoms with E-state index in [0.29, 0.717) is 11.3 Å². The summed E-state index contributed by atoms with van der Waals surface area (Å²) in [6.45, 7) is 0. The van der Waals surface area contributed by atoms with Crippen molar-refractivity contribution in [1.82, 2.24) is 0 Å². The second kappa shape index (κ2) is 5.70. The molecule has 0 aromatic heterocycles. The van der Waals surface area contributed by atoms with E-state index >= 15 is 0 Å². The van der Waals surface area contributed by atoms with Crippen molar-refractivity contribution in [2.75, 3.05) is 7.11 Å². The van der Waals surface area contributed by atoms with Crippen LogP contribution in [0.1, 0.15) is 38.6 Å². The summed E-state index contributed by atoms with van der Waals surface area (Å²) in [5.74, 6) is -1.17. The molecule has 0 fully saturated rings. The molecule has 25 heavy (non-hydrogen) atoms. The molecule has 1 heterocycles. The fourth-order valence-electron chi connectivity index (χ4n) is 3.33. The van der Waals surface area contributed by atoms with Crippen molar-refractivity contribution in [2.24, 2.45) is 0 Å². The molecule has 1 aliphatic carbocycles. The number of esters is 1. The van der Waals surface area contributed by atoms with Crippen LogP contribution in [0.3, 0.4) is 0 Å². The van der Waals surface area contributed by atoms with Crippen LogP contribution in [0, 0.1) is 0 Å². The van der Waals surface area contributed by atoms with E-state index in [4.69, 9.17) is 9.47 Å². The lowest BCUT2D eigenvalue weighted by atomic mass is 9.77. The zero-order chi connectivity index (χ0) is 17.6. The highest BCUT2D eigenvalue weighted by Gasteiger charge is 2.42. The molecule has 5 heteroatoms. The quantitative estimate of drug-likeness (QED) is 0.790. The Morgan fingerprint density at radius 2 is 1.56 bits per heavy atom. The molecular formula is C20H14O5. The van der Waals surface area contributed by atoms with E-state index in [1.807, 2.05) is 0 Å². The highest BCUT2D eigenvalue weighted by atomic mass is 16.5. The first-order valence-corrected chi connectivity index (χ1v) is 7.87. The zero-order valence-corrected chi connectivity index (χ0v) is 13.4. The van der Waals surface area contributed by atoms with Gasteiger partial charge in [0.05, 0.1) is 19.1 Å². The number of carbonyl (C=O) groups is 3. The highest BCUT2D eigenvalue weighted by Crippen LogP contribution is 2.41. The van der Waals surface area contributed by atoms with Crippen molar-refractivity contribution in [2.45, 2.75) is 12.3 Å². The predicted octanol–water partition coefficient (Wildman–Crippen LogP) is 3.06. The number of ketones is 2. The van der Waals surface area contributed by atoms with Crippen LogP contribution in [-0.4, -0.2) is 24.6 Å². The zero-order valence-electron chi connectivity index (χ0n) is 13.4. The molecule has 0 unspecified atom stereocenters. The maximum absolute atomic E-state index is 13.0. The molecule has 0 N–H and O–H groups in total. The average Bonchev–Trinajstić information content (AvgIpc) is 2.65. The smallest absolute Gasteiger partial charge is 0.312 e. The highest BCUT2D eigenvalue weighted by molar-refractivity contribution is 6.27. The molecular weight excluding hydrogens is 320 g/mol. The van der Waals surface area contributed by atoms with E-state index in [1.165, 1.54) is 0 Å². The van der Waals surface area contributed by atoms with E-state index in [1.54, 1.807) is 55.6 Å². The maximum Gasteiger partial charge on any atom is 0.312 e. The molecule has 2 aliphatic rings. The Morgan fingerprint density at radius 3 is 2.20 bits per heavy atom. The molecule has 2 aromatic rings. The second-order valence-electron chi connectivity index (χ2n) is 5.95. The standard InChI is InChI=1S/C20H14O5/c1-24-12-8-6-11(7-9-12)15-10-16(21)25-20-17(15)18(22)13-4-2-3-5-14(13)19(20)23/h2-9,15H,10H2,1H3/t15-/m0/s1. The lowest BCUT2D eigenvalue weighted by Gasteiger charge is -2.29. The van der Waals surface area contributed by atoms with Gasteiger partial charge in [0.2, 0.25) is 5.78 Å². The van der Waals surface area contributed by atoms with Gasteiger partial charge in [0.15, 0.2) is 11.5 Å². The molecule has 0 radical (unpaired) electrons. The summed E-state index contributed by atoms with van der Waals surface area (Å²) < 4.78 is 10.3. The van der Waals surface area contributed by atoms with Crippen LogP contribution < -0.4 is 4.74 Å². The van der Waals surface area contributed by atoms with E-state index < -0.39 is 17.7 Å². The Hall–Kier alpha value is -3.21. The van der Waals surface area contributed by atoms with Crippen LogP contribution in [0.2, 0.25) is 0 Å². The Morgan fingerprint density at radius 1 is 0.920 bits per heavy atom. The van der Waals surface area contributed by atoms with Crippen LogP contribution in [0.15, 0.2) is 59.9 Å². The number of carbonyl (C=O) groups excluding carboxylic acids is 3. The number of Topliss-reactive ketones (excluding diaryl/α,β-unsaturated/α-hetero) is 2. The second-order valence-corrected chi connectivity index (χ2v) is 5.95. The molecule has 5 nitrogen and oxygen atoms in total. The van der Waals surface area contributed by atoms with Gasteiger partial charge >= 0.3 is 5.97 Å². The van der Waals surface area contributed by atoms with Crippen molar-refractivity contribution in [1.29, 1.82) is 0 Å². The number of hydrogen-bond donors (Lipinski definition) is 0. The lowest BCUT2D eigenvalue weighted by Crippen LogP contribution is -2.32. The monoisotopic (exact) mass is 334 g/mol. The number of methoxy groups -OCH3 is 1. The third-order valence-corrected chi connectivity index (χ3v) is 4.57. The van der Waals surface area contributed by atoms with Gasteiger partial charge in [-0.3, -0.25) is 14.4 Å². The fraction of sp³-hybridized carbons (Fsp3) is 0.150. The number of fused-ring (bicyclic) bond motifs is 1. The summed E-state index contributed by atoms with van der Waals surface area (Å²) in [4.78, 5) is 37.7. The summed E-state index contributed by atoms with van der Waals surface area (Å²) in [7, 11) is 1.56. The third kappa shape index (κ3) is 2.36. The third-order valence-electron chi connectivity index (χ3n) is 4.57. The summed E-state index contributed by atoms with van der Waals surface area (Å²) >= 11 is 0. The number of rotatable bonds is 2. The van der Waals surface area contributed by atoms with Gasteiger partial charge in [-0.1, -0.05) is 36.4 Å². The lowest BCUT2D eigenvalue weighted by molar-refractivity contribution is -0.140. The fourth-order valence-corrected chi connectivity index (χ4v) is 3.33. The Bertz CT molecular complexity index is 937. The number of hydrogen-bond acceptors (Lipinski definition) is 5. The van der Waals surface area contributed by atoms with Crippen LogP contribution in [0.5, 0.6) is 5.75 Å². The first-order valence-electron chi connectivity index (χ1n) is 7.87. The Kier molecular flexibility index (Phi) is 3.50. The molecule has 124 valence electrons. The van der Waals surface area contributed by atoms with Crippen molar-refractivity contribution < 1.29 is 23.9 Å². The molecule has 1 atom stereocenters. The van der Waals surface area contributed by atoms with E-state index in [-0.39, 0.29) is 29.1 Å². The van der Waals surface area contributed by atoms with Gasteiger partial charge in [-0.05, 0) is 17.7 Å². The van der Waals surface area contributed by atoms with Crippen molar-refractivity contribution in [3.8, 4) is 5.75 Å². The van der Waals surface area contributed by atoms with Gasteiger partial charge < -0.3 is 9.47 Å². The Labute approximate surface area is 143 Å². The summed E-state index contributed by atoms with van der Waals surface area (Å²) in [6, 6.07) is 13.7. The minimum Gasteiger partial charge on any atom is -0.497 e. The molecule has 0 saturated heterocycles. The van der Waals surface area contributed by atoms with Gasteiger partial charge in [-0.15, -0.1) is 0 Å². The number of allylic oxidation sites excluding steroid dienone is 2. The molecule has 0 spiro atoms.